The average Bonchev–Trinajstić information content (AvgIpc) is 2.93. The SMILES string of the molecule is Nc1c(F)cc(F)cc1-n1nnc(-c2ccccc2)n1. The molecule has 0 saturated carbocycles. The van der Waals surface area contributed by atoms with E-state index in [4.69, 9.17) is 5.73 Å². The monoisotopic (exact) mass is 273 g/mol. The van der Waals surface area contributed by atoms with Gasteiger partial charge in [-0.05, 0) is 5.21 Å². The molecule has 0 fully saturated rings. The zero-order valence-corrected chi connectivity index (χ0v) is 10.2. The molecule has 5 nitrogen and oxygen atoms in total. The Bertz CT molecular complexity index is 755. The van der Waals surface area contributed by atoms with Crippen LogP contribution in [0.4, 0.5) is 14.5 Å². The van der Waals surface area contributed by atoms with Crippen LogP contribution in [0.1, 0.15) is 0 Å². The van der Waals surface area contributed by atoms with Crippen LogP contribution in [0.2, 0.25) is 0 Å². The van der Waals surface area contributed by atoms with Crippen LogP contribution in [0.25, 0.3) is 17.1 Å². The minimum absolute atomic E-state index is 0.0113. The van der Waals surface area contributed by atoms with Crippen molar-refractivity contribution in [1.29, 1.82) is 0 Å². The van der Waals surface area contributed by atoms with Gasteiger partial charge in [-0.3, -0.25) is 0 Å². The molecule has 0 aliphatic rings. The standard InChI is InChI=1S/C13H9F2N5/c14-9-6-10(15)12(16)11(7-9)20-18-13(17-19-20)8-4-2-1-3-5-8/h1-7H,16H2. The van der Waals surface area contributed by atoms with E-state index in [9.17, 15) is 8.78 Å². The number of anilines is 1. The highest BCUT2D eigenvalue weighted by Crippen LogP contribution is 2.22. The summed E-state index contributed by atoms with van der Waals surface area (Å²) in [7, 11) is 0. The first-order chi connectivity index (χ1) is 9.65. The van der Waals surface area contributed by atoms with Crippen LogP contribution in [0.15, 0.2) is 42.5 Å². The van der Waals surface area contributed by atoms with Gasteiger partial charge in [0.25, 0.3) is 0 Å². The van der Waals surface area contributed by atoms with Gasteiger partial charge in [-0.25, -0.2) is 8.78 Å². The molecule has 1 aromatic heterocycles. The first-order valence-corrected chi connectivity index (χ1v) is 5.75. The normalized spacial score (nSPS) is 10.7. The molecule has 0 atom stereocenters. The molecule has 0 saturated heterocycles. The molecule has 7 heteroatoms. The minimum Gasteiger partial charge on any atom is -0.395 e. The lowest BCUT2D eigenvalue weighted by atomic mass is 10.2. The van der Waals surface area contributed by atoms with E-state index < -0.39 is 11.6 Å². The first kappa shape index (κ1) is 12.2. The molecule has 0 aliphatic heterocycles. The molecule has 1 heterocycles. The second-order valence-corrected chi connectivity index (χ2v) is 4.09. The molecule has 100 valence electrons. The third-order valence-electron chi connectivity index (χ3n) is 2.73. The largest absolute Gasteiger partial charge is 0.395 e. The summed E-state index contributed by atoms with van der Waals surface area (Å²) in [5, 5.41) is 11.7. The van der Waals surface area contributed by atoms with Gasteiger partial charge in [0.1, 0.15) is 11.5 Å². The van der Waals surface area contributed by atoms with Crippen LogP contribution < -0.4 is 5.73 Å². The lowest BCUT2D eigenvalue weighted by Gasteiger charge is -2.04. The highest BCUT2D eigenvalue weighted by molar-refractivity contribution is 5.59. The van der Waals surface area contributed by atoms with E-state index in [0.717, 1.165) is 16.4 Å². The van der Waals surface area contributed by atoms with Gasteiger partial charge in [0, 0.05) is 17.7 Å². The van der Waals surface area contributed by atoms with Crippen molar-refractivity contribution in [3.05, 3.63) is 54.1 Å². The van der Waals surface area contributed by atoms with E-state index in [2.05, 4.69) is 15.4 Å². The predicted octanol–water partition coefficient (Wildman–Crippen LogP) is 2.19. The van der Waals surface area contributed by atoms with Gasteiger partial charge in [-0.15, -0.1) is 15.0 Å². The van der Waals surface area contributed by atoms with Gasteiger partial charge in [0.2, 0.25) is 5.82 Å². The Morgan fingerprint density at radius 2 is 1.80 bits per heavy atom. The number of nitrogen functional groups attached to an aromatic ring is 1. The van der Waals surface area contributed by atoms with E-state index in [1.807, 2.05) is 18.2 Å². The zero-order valence-electron chi connectivity index (χ0n) is 10.2. The number of halogens is 2. The van der Waals surface area contributed by atoms with Crippen molar-refractivity contribution < 1.29 is 8.78 Å². The summed E-state index contributed by atoms with van der Waals surface area (Å²) in [4.78, 5) is 1.00. The van der Waals surface area contributed by atoms with Crippen molar-refractivity contribution in [2.45, 2.75) is 0 Å². The van der Waals surface area contributed by atoms with Crippen LogP contribution in [0.3, 0.4) is 0 Å². The van der Waals surface area contributed by atoms with Crippen LogP contribution >= 0.6 is 0 Å². The third kappa shape index (κ3) is 2.09. The van der Waals surface area contributed by atoms with Gasteiger partial charge < -0.3 is 5.73 Å². The second-order valence-electron chi connectivity index (χ2n) is 4.09. The van der Waals surface area contributed by atoms with Gasteiger partial charge in [-0.1, -0.05) is 30.3 Å². The highest BCUT2D eigenvalue weighted by atomic mass is 19.1. The molecule has 0 unspecified atom stereocenters. The van der Waals surface area contributed by atoms with Crippen molar-refractivity contribution in [2.75, 3.05) is 5.73 Å². The maximum atomic E-state index is 13.4. The van der Waals surface area contributed by atoms with Crippen molar-refractivity contribution in [1.82, 2.24) is 20.2 Å². The van der Waals surface area contributed by atoms with Gasteiger partial charge >= 0.3 is 0 Å². The fourth-order valence-corrected chi connectivity index (χ4v) is 1.76. The number of nitrogens with zero attached hydrogens (tertiary/aromatic N) is 4. The lowest BCUT2D eigenvalue weighted by Crippen LogP contribution is -2.06. The van der Waals surface area contributed by atoms with Crippen molar-refractivity contribution >= 4 is 5.69 Å². The maximum absolute atomic E-state index is 13.4. The summed E-state index contributed by atoms with van der Waals surface area (Å²) in [6.07, 6.45) is 0. The molecule has 0 spiro atoms. The molecule has 0 aliphatic carbocycles. The Kier molecular flexibility index (Phi) is 2.86. The number of hydrogen-bond acceptors (Lipinski definition) is 4. The molecule has 2 N–H and O–H groups in total. The number of tetrazole rings is 1. The number of rotatable bonds is 2. The Balaban J connectivity index is 2.07. The highest BCUT2D eigenvalue weighted by Gasteiger charge is 2.13. The predicted molar refractivity (Wildman–Crippen MR) is 68.9 cm³/mol. The molecule has 2 aromatic carbocycles. The fourth-order valence-electron chi connectivity index (χ4n) is 1.76. The molecule has 3 rings (SSSR count). The smallest absolute Gasteiger partial charge is 0.205 e. The summed E-state index contributed by atoms with van der Waals surface area (Å²) in [6, 6.07) is 10.9. The van der Waals surface area contributed by atoms with Gasteiger partial charge in [0.05, 0.1) is 5.69 Å². The molecular weight excluding hydrogens is 264 g/mol. The van der Waals surface area contributed by atoms with Crippen molar-refractivity contribution in [3.63, 3.8) is 0 Å². The second kappa shape index (κ2) is 4.69. The summed E-state index contributed by atoms with van der Waals surface area (Å²) < 4.78 is 26.6. The van der Waals surface area contributed by atoms with Crippen LogP contribution in [-0.4, -0.2) is 20.2 Å². The van der Waals surface area contributed by atoms with E-state index in [0.29, 0.717) is 11.9 Å². The molecule has 3 aromatic rings. The Labute approximate surface area is 112 Å². The van der Waals surface area contributed by atoms with Crippen LogP contribution in [0, 0.1) is 11.6 Å². The zero-order chi connectivity index (χ0) is 14.1. The van der Waals surface area contributed by atoms with Gasteiger partial charge in [-0.2, -0.15) is 0 Å². The summed E-state index contributed by atoms with van der Waals surface area (Å²) >= 11 is 0. The molecule has 0 bridgehead atoms. The van der Waals surface area contributed by atoms with Gasteiger partial charge in [0.15, 0.2) is 5.82 Å². The quantitative estimate of drug-likeness (QED) is 0.727. The molecule has 20 heavy (non-hydrogen) atoms. The summed E-state index contributed by atoms with van der Waals surface area (Å²) in [6.45, 7) is 0. The molecular formula is C13H9F2N5. The Morgan fingerprint density at radius 1 is 1.05 bits per heavy atom. The average molecular weight is 273 g/mol. The third-order valence-corrected chi connectivity index (χ3v) is 2.73. The number of benzene rings is 2. The summed E-state index contributed by atoms with van der Waals surface area (Å²) in [5.41, 5.74) is 6.08. The molecule has 0 amide bonds. The number of hydrogen-bond donors (Lipinski definition) is 1. The lowest BCUT2D eigenvalue weighted by molar-refractivity contribution is 0.579. The van der Waals surface area contributed by atoms with E-state index in [1.54, 1.807) is 12.1 Å². The number of nitrogens with two attached hydrogens (primary N) is 1. The van der Waals surface area contributed by atoms with Crippen molar-refractivity contribution in [2.24, 2.45) is 0 Å². The van der Waals surface area contributed by atoms with Crippen LogP contribution in [0.5, 0.6) is 0 Å². The fraction of sp³-hybridized carbons (Fsp3) is 0. The van der Waals surface area contributed by atoms with Crippen molar-refractivity contribution in [3.8, 4) is 17.1 Å². The van der Waals surface area contributed by atoms with Crippen LogP contribution in [-0.2, 0) is 0 Å². The maximum Gasteiger partial charge on any atom is 0.205 e. The molecule has 0 radical (unpaired) electrons. The topological polar surface area (TPSA) is 69.6 Å². The summed E-state index contributed by atoms with van der Waals surface area (Å²) in [5.74, 6) is -1.28. The van der Waals surface area contributed by atoms with E-state index in [-0.39, 0.29) is 11.4 Å². The minimum atomic E-state index is -0.862. The van der Waals surface area contributed by atoms with E-state index in [1.165, 1.54) is 0 Å². The Hall–Kier alpha value is -2.83. The number of aromatic nitrogens is 4. The first-order valence-electron chi connectivity index (χ1n) is 5.75. The van der Waals surface area contributed by atoms with E-state index >= 15 is 0 Å². The Morgan fingerprint density at radius 3 is 2.55 bits per heavy atom.